The molecule has 0 atom stereocenters. The van der Waals surface area contributed by atoms with E-state index in [1.165, 1.54) is 5.56 Å². The first-order valence-electron chi connectivity index (χ1n) is 5.53. The van der Waals surface area contributed by atoms with E-state index < -0.39 is 0 Å². The minimum atomic E-state index is 0.670. The predicted octanol–water partition coefficient (Wildman–Crippen LogP) is 3.14. The van der Waals surface area contributed by atoms with Crippen molar-refractivity contribution in [2.75, 3.05) is 12.3 Å². The van der Waals surface area contributed by atoms with Crippen molar-refractivity contribution in [2.45, 2.75) is 33.8 Å². The smallest absolute Gasteiger partial charge is 0.0720 e. The Morgan fingerprint density at radius 1 is 1.33 bits per heavy atom. The normalized spacial score (nSPS) is 10.9. The molecule has 0 fully saturated rings. The van der Waals surface area contributed by atoms with Gasteiger partial charge in [0.15, 0.2) is 0 Å². The summed E-state index contributed by atoms with van der Waals surface area (Å²) < 4.78 is 5.61. The fourth-order valence-electron chi connectivity index (χ4n) is 1.36. The minimum Gasteiger partial charge on any atom is -0.399 e. The van der Waals surface area contributed by atoms with Crippen molar-refractivity contribution < 1.29 is 4.74 Å². The van der Waals surface area contributed by atoms with Gasteiger partial charge in [0.25, 0.3) is 0 Å². The molecule has 84 valence electrons. The van der Waals surface area contributed by atoms with Crippen LogP contribution in [0.3, 0.4) is 0 Å². The van der Waals surface area contributed by atoms with Gasteiger partial charge in [0.1, 0.15) is 0 Å². The third kappa shape index (κ3) is 3.92. The molecule has 0 aliphatic heterocycles. The van der Waals surface area contributed by atoms with Crippen molar-refractivity contribution in [3.8, 4) is 0 Å². The summed E-state index contributed by atoms with van der Waals surface area (Å²) in [6.45, 7) is 7.94. The molecule has 0 unspecified atom stereocenters. The van der Waals surface area contributed by atoms with Crippen molar-refractivity contribution in [3.63, 3.8) is 0 Å². The molecule has 1 rings (SSSR count). The summed E-state index contributed by atoms with van der Waals surface area (Å²) in [6, 6.07) is 5.97. The lowest BCUT2D eigenvalue weighted by atomic mass is 10.1. The highest BCUT2D eigenvalue weighted by Crippen LogP contribution is 2.16. The molecule has 0 spiro atoms. The van der Waals surface area contributed by atoms with Crippen LogP contribution >= 0.6 is 0 Å². The lowest BCUT2D eigenvalue weighted by molar-refractivity contribution is 0.110. The summed E-state index contributed by atoms with van der Waals surface area (Å²) >= 11 is 0. The van der Waals surface area contributed by atoms with E-state index >= 15 is 0 Å². The van der Waals surface area contributed by atoms with Gasteiger partial charge >= 0.3 is 0 Å². The van der Waals surface area contributed by atoms with Crippen molar-refractivity contribution in [1.82, 2.24) is 0 Å². The Morgan fingerprint density at radius 3 is 2.73 bits per heavy atom. The van der Waals surface area contributed by atoms with E-state index in [0.717, 1.165) is 24.3 Å². The van der Waals surface area contributed by atoms with Gasteiger partial charge in [-0.3, -0.25) is 0 Å². The summed E-state index contributed by atoms with van der Waals surface area (Å²) in [6.07, 6.45) is 1.11. The Hall–Kier alpha value is -1.02. The number of ether oxygens (including phenoxy) is 1. The number of nitrogens with two attached hydrogens (primary N) is 1. The topological polar surface area (TPSA) is 35.2 Å². The Labute approximate surface area is 92.4 Å². The van der Waals surface area contributed by atoms with Gasteiger partial charge in [-0.05, 0) is 36.5 Å². The number of benzene rings is 1. The highest BCUT2D eigenvalue weighted by Gasteiger charge is 2.01. The largest absolute Gasteiger partial charge is 0.399 e. The van der Waals surface area contributed by atoms with Gasteiger partial charge in [-0.25, -0.2) is 0 Å². The zero-order valence-electron chi connectivity index (χ0n) is 9.92. The highest BCUT2D eigenvalue weighted by molar-refractivity contribution is 5.49. The van der Waals surface area contributed by atoms with E-state index in [-0.39, 0.29) is 0 Å². The van der Waals surface area contributed by atoms with Crippen LogP contribution in [-0.4, -0.2) is 6.61 Å². The average molecular weight is 207 g/mol. The van der Waals surface area contributed by atoms with E-state index in [1.54, 1.807) is 0 Å². The molecule has 0 saturated heterocycles. The van der Waals surface area contributed by atoms with E-state index in [9.17, 15) is 0 Å². The first-order valence-corrected chi connectivity index (χ1v) is 5.53. The van der Waals surface area contributed by atoms with Gasteiger partial charge in [-0.15, -0.1) is 0 Å². The van der Waals surface area contributed by atoms with Crippen LogP contribution < -0.4 is 5.73 Å². The molecule has 0 aliphatic rings. The Balaban J connectivity index is 2.41. The van der Waals surface area contributed by atoms with Crippen molar-refractivity contribution in [2.24, 2.45) is 5.92 Å². The molecule has 1 aromatic carbocycles. The quantitative estimate of drug-likeness (QED) is 0.594. The van der Waals surface area contributed by atoms with Crippen LogP contribution in [0, 0.1) is 12.8 Å². The summed E-state index contributed by atoms with van der Waals surface area (Å²) in [5.74, 6) is 0.701. The number of hydrogen-bond donors (Lipinski definition) is 1. The van der Waals surface area contributed by atoms with Crippen LogP contribution in [0.15, 0.2) is 18.2 Å². The molecule has 2 nitrogen and oxygen atoms in total. The molecule has 0 saturated carbocycles. The summed E-state index contributed by atoms with van der Waals surface area (Å²) in [5, 5.41) is 0. The molecule has 0 bridgehead atoms. The van der Waals surface area contributed by atoms with E-state index in [4.69, 9.17) is 10.5 Å². The maximum absolute atomic E-state index is 5.82. The van der Waals surface area contributed by atoms with Crippen LogP contribution in [0.25, 0.3) is 0 Å². The molecule has 0 aliphatic carbocycles. The van der Waals surface area contributed by atoms with Crippen LogP contribution in [0.4, 0.5) is 5.69 Å². The van der Waals surface area contributed by atoms with Gasteiger partial charge < -0.3 is 10.5 Å². The number of nitrogen functional groups attached to an aromatic ring is 1. The van der Waals surface area contributed by atoms with Crippen LogP contribution in [0.2, 0.25) is 0 Å². The number of hydrogen-bond acceptors (Lipinski definition) is 2. The average Bonchev–Trinajstić information content (AvgIpc) is 2.18. The molecule has 15 heavy (non-hydrogen) atoms. The van der Waals surface area contributed by atoms with Crippen LogP contribution in [-0.2, 0) is 11.3 Å². The first-order chi connectivity index (χ1) is 7.11. The molecule has 2 heteroatoms. The molecule has 1 aromatic rings. The van der Waals surface area contributed by atoms with Crippen LogP contribution in [0.5, 0.6) is 0 Å². The maximum atomic E-state index is 5.82. The molecule has 0 heterocycles. The number of anilines is 1. The van der Waals surface area contributed by atoms with E-state index in [0.29, 0.717) is 12.5 Å². The van der Waals surface area contributed by atoms with E-state index in [2.05, 4.69) is 19.9 Å². The fraction of sp³-hybridized carbons (Fsp3) is 0.538. The third-order valence-electron chi connectivity index (χ3n) is 2.58. The van der Waals surface area contributed by atoms with Gasteiger partial charge in [0.05, 0.1) is 6.61 Å². The summed E-state index contributed by atoms with van der Waals surface area (Å²) in [4.78, 5) is 0. The second kappa shape index (κ2) is 5.76. The van der Waals surface area contributed by atoms with Gasteiger partial charge in [-0.2, -0.15) is 0 Å². The molecule has 2 N–H and O–H groups in total. The zero-order valence-corrected chi connectivity index (χ0v) is 9.92. The second-order valence-electron chi connectivity index (χ2n) is 4.37. The Kier molecular flexibility index (Phi) is 4.63. The molecular weight excluding hydrogens is 186 g/mol. The van der Waals surface area contributed by atoms with Crippen molar-refractivity contribution in [3.05, 3.63) is 29.3 Å². The predicted molar refractivity (Wildman–Crippen MR) is 64.7 cm³/mol. The maximum Gasteiger partial charge on any atom is 0.0720 e. The Bertz CT molecular complexity index is 307. The van der Waals surface area contributed by atoms with E-state index in [1.807, 2.05) is 19.1 Å². The monoisotopic (exact) mass is 207 g/mol. The fourth-order valence-corrected chi connectivity index (χ4v) is 1.36. The van der Waals surface area contributed by atoms with Crippen molar-refractivity contribution in [1.29, 1.82) is 0 Å². The lowest BCUT2D eigenvalue weighted by Crippen LogP contribution is -2.02. The lowest BCUT2D eigenvalue weighted by Gasteiger charge is -2.10. The van der Waals surface area contributed by atoms with Gasteiger partial charge in [0.2, 0.25) is 0 Å². The second-order valence-corrected chi connectivity index (χ2v) is 4.37. The summed E-state index contributed by atoms with van der Waals surface area (Å²) in [7, 11) is 0. The van der Waals surface area contributed by atoms with Crippen LogP contribution in [0.1, 0.15) is 31.4 Å². The van der Waals surface area contributed by atoms with Crippen molar-refractivity contribution >= 4 is 5.69 Å². The molecule has 0 amide bonds. The van der Waals surface area contributed by atoms with Gasteiger partial charge in [0, 0.05) is 12.3 Å². The SMILES string of the molecule is Cc1c(N)cccc1COCCC(C)C. The third-order valence-corrected chi connectivity index (χ3v) is 2.58. The zero-order chi connectivity index (χ0) is 11.3. The standard InChI is InChI=1S/C13H21NO/c1-10(2)7-8-15-9-12-5-4-6-13(14)11(12)3/h4-6,10H,7-9,14H2,1-3H3. The minimum absolute atomic E-state index is 0.670. The Morgan fingerprint density at radius 2 is 2.07 bits per heavy atom. The first kappa shape index (κ1) is 12.1. The molecular formula is C13H21NO. The molecule has 0 aromatic heterocycles. The highest BCUT2D eigenvalue weighted by atomic mass is 16.5. The molecule has 0 radical (unpaired) electrons. The van der Waals surface area contributed by atoms with Gasteiger partial charge in [-0.1, -0.05) is 26.0 Å². The summed E-state index contributed by atoms with van der Waals surface area (Å²) in [5.41, 5.74) is 9.00. The number of rotatable bonds is 5.